The Kier molecular flexibility index (Phi) is 5.51. The zero-order valence-electron chi connectivity index (χ0n) is 12.3. The Labute approximate surface area is 151 Å². The van der Waals surface area contributed by atoms with Crippen LogP contribution in [0.25, 0.3) is 0 Å². The normalized spacial score (nSPS) is 9.92. The number of carboxylic acid groups (broad SMARTS) is 2. The molecule has 10 nitrogen and oxygen atoms in total. The molecule has 0 aliphatic heterocycles. The molecule has 0 unspecified atom stereocenters. The Morgan fingerprint density at radius 3 is 1.46 bits per heavy atom. The number of aromatic amines is 2. The largest absolute Gasteiger partial charge is 0.545 e. The highest BCUT2D eigenvalue weighted by Gasteiger charge is 2.14. The SMILES string of the molecule is N#Cc1cc(C(=O)[O-])c(=O)[nH]c1SSc1[nH]c(=O)c(C(=O)[O-])cc1C#N. The lowest BCUT2D eigenvalue weighted by Gasteiger charge is -2.08. The van der Waals surface area contributed by atoms with Crippen molar-refractivity contribution in [3.05, 3.63) is 55.1 Å². The number of pyridine rings is 2. The van der Waals surface area contributed by atoms with E-state index in [-0.39, 0.29) is 21.2 Å². The third kappa shape index (κ3) is 3.77. The molecule has 0 saturated carbocycles. The standard InChI is InChI=1S/C14H6N4O6S2/c15-3-5-1-7(13(21)22)9(19)17-11(5)25-26-12-6(4-16)2-8(14(23)24)10(20)18-12/h1-2H,(H,17,19)(H,18,20)(H,21,22)(H,23,24)/p-2. The summed E-state index contributed by atoms with van der Waals surface area (Å²) in [5.41, 5.74) is -3.77. The lowest BCUT2D eigenvalue weighted by Crippen LogP contribution is -2.30. The Morgan fingerprint density at radius 2 is 1.19 bits per heavy atom. The number of H-pyrrole nitrogens is 2. The van der Waals surface area contributed by atoms with Crippen LogP contribution in [0.4, 0.5) is 0 Å². The number of carbonyl (C=O) groups is 2. The van der Waals surface area contributed by atoms with Crippen LogP contribution in [-0.4, -0.2) is 21.9 Å². The molecule has 2 heterocycles. The molecule has 0 fully saturated rings. The molecule has 0 aliphatic carbocycles. The third-order valence-electron chi connectivity index (χ3n) is 2.90. The van der Waals surface area contributed by atoms with Crippen molar-refractivity contribution < 1.29 is 19.8 Å². The zero-order chi connectivity index (χ0) is 19.4. The Balaban J connectivity index is 2.41. The Bertz CT molecular complexity index is 1030. The molecular weight excluding hydrogens is 384 g/mol. The highest BCUT2D eigenvalue weighted by molar-refractivity contribution is 8.76. The van der Waals surface area contributed by atoms with Gasteiger partial charge >= 0.3 is 0 Å². The molecule has 2 N–H and O–H groups in total. The molecule has 0 radical (unpaired) electrons. The van der Waals surface area contributed by atoms with Gasteiger partial charge in [-0.1, -0.05) is 0 Å². The van der Waals surface area contributed by atoms with Gasteiger partial charge in [0.1, 0.15) is 22.2 Å². The van der Waals surface area contributed by atoms with Gasteiger partial charge in [-0.3, -0.25) is 9.59 Å². The summed E-state index contributed by atoms with van der Waals surface area (Å²) in [7, 11) is 1.51. The van der Waals surface area contributed by atoms with Crippen molar-refractivity contribution in [2.24, 2.45) is 0 Å². The van der Waals surface area contributed by atoms with Crippen LogP contribution in [0.3, 0.4) is 0 Å². The Morgan fingerprint density at radius 1 is 0.846 bits per heavy atom. The maximum Gasteiger partial charge on any atom is 0.257 e. The number of nitrogens with one attached hydrogen (secondary N) is 2. The van der Waals surface area contributed by atoms with Gasteiger partial charge in [-0.05, 0) is 33.7 Å². The molecule has 26 heavy (non-hydrogen) atoms. The predicted molar refractivity (Wildman–Crippen MR) is 83.9 cm³/mol. The smallest absolute Gasteiger partial charge is 0.257 e. The minimum atomic E-state index is -1.75. The molecule has 130 valence electrons. The summed E-state index contributed by atoms with van der Waals surface area (Å²) in [4.78, 5) is 49.3. The second-order valence-corrected chi connectivity index (χ2v) is 6.62. The molecule has 2 aromatic heterocycles. The van der Waals surface area contributed by atoms with Crippen molar-refractivity contribution >= 4 is 33.5 Å². The van der Waals surface area contributed by atoms with Gasteiger partial charge in [-0.15, -0.1) is 0 Å². The summed E-state index contributed by atoms with van der Waals surface area (Å²) >= 11 is 0. The number of carboxylic acids is 2. The van der Waals surface area contributed by atoms with E-state index in [9.17, 15) is 29.4 Å². The van der Waals surface area contributed by atoms with Gasteiger partial charge in [0.15, 0.2) is 0 Å². The van der Waals surface area contributed by atoms with E-state index in [1.807, 2.05) is 0 Å². The molecule has 2 rings (SSSR count). The highest BCUT2D eigenvalue weighted by atomic mass is 33.1. The quantitative estimate of drug-likeness (QED) is 0.559. The average molecular weight is 388 g/mol. The van der Waals surface area contributed by atoms with E-state index in [1.165, 1.54) is 0 Å². The molecule has 12 heteroatoms. The van der Waals surface area contributed by atoms with Crippen molar-refractivity contribution in [3.8, 4) is 12.1 Å². The summed E-state index contributed by atoms with van der Waals surface area (Å²) in [6, 6.07) is 5.08. The predicted octanol–water partition coefficient (Wildman–Crippen LogP) is -1.67. The molecule has 0 atom stereocenters. The fourth-order valence-electron chi connectivity index (χ4n) is 1.71. The molecular formula is C14H4N4O6S2-2. The second kappa shape index (κ2) is 7.60. The van der Waals surface area contributed by atoms with E-state index >= 15 is 0 Å². The minimum absolute atomic E-state index is 0.0267. The lowest BCUT2D eigenvalue weighted by atomic mass is 10.2. The fraction of sp³-hybridized carbons (Fsp3) is 0. The zero-order valence-corrected chi connectivity index (χ0v) is 13.9. The van der Waals surface area contributed by atoms with Crippen molar-refractivity contribution in [1.29, 1.82) is 10.5 Å². The molecule has 2 aromatic rings. The monoisotopic (exact) mass is 388 g/mol. The van der Waals surface area contributed by atoms with Crippen LogP contribution in [0, 0.1) is 22.7 Å². The summed E-state index contributed by atoms with van der Waals surface area (Å²) < 4.78 is 0. The van der Waals surface area contributed by atoms with Crippen molar-refractivity contribution in [2.45, 2.75) is 10.1 Å². The van der Waals surface area contributed by atoms with Crippen LogP contribution in [0.2, 0.25) is 0 Å². The molecule has 0 aromatic carbocycles. The number of rotatable bonds is 5. The van der Waals surface area contributed by atoms with E-state index < -0.39 is 34.2 Å². The fourth-order valence-corrected chi connectivity index (χ4v) is 3.82. The van der Waals surface area contributed by atoms with E-state index in [0.717, 1.165) is 33.7 Å². The topological polar surface area (TPSA) is 194 Å². The highest BCUT2D eigenvalue weighted by Crippen LogP contribution is 2.37. The molecule has 0 aliphatic rings. The lowest BCUT2D eigenvalue weighted by molar-refractivity contribution is -0.256. The van der Waals surface area contributed by atoms with Crippen LogP contribution < -0.4 is 21.3 Å². The number of hydrogen-bond acceptors (Lipinski definition) is 10. The average Bonchev–Trinajstić information content (AvgIpc) is 2.59. The maximum atomic E-state index is 11.7. The number of nitrogens with zero attached hydrogens (tertiary/aromatic N) is 2. The molecule has 0 amide bonds. The van der Waals surface area contributed by atoms with Gasteiger partial charge in [0.05, 0.1) is 34.2 Å². The van der Waals surface area contributed by atoms with E-state index in [4.69, 9.17) is 10.5 Å². The first-order chi connectivity index (χ1) is 12.3. The minimum Gasteiger partial charge on any atom is -0.545 e. The summed E-state index contributed by atoms with van der Waals surface area (Å²) in [6.07, 6.45) is 0. The first-order valence-corrected chi connectivity index (χ1v) is 8.55. The van der Waals surface area contributed by atoms with Crippen molar-refractivity contribution in [2.75, 3.05) is 0 Å². The van der Waals surface area contributed by atoms with E-state index in [2.05, 4.69) is 9.97 Å². The van der Waals surface area contributed by atoms with Crippen LogP contribution in [0.1, 0.15) is 31.8 Å². The van der Waals surface area contributed by atoms with Gasteiger partial charge < -0.3 is 29.8 Å². The van der Waals surface area contributed by atoms with E-state index in [0.29, 0.717) is 0 Å². The second-order valence-electron chi connectivity index (χ2n) is 4.48. The Hall–Kier alpha value is -3.48. The molecule has 0 bridgehead atoms. The number of hydrogen-bond donors (Lipinski definition) is 2. The summed E-state index contributed by atoms with van der Waals surface area (Å²) in [5, 5.41) is 39.7. The molecule has 0 spiro atoms. The van der Waals surface area contributed by atoms with Crippen LogP contribution in [0.15, 0.2) is 31.8 Å². The van der Waals surface area contributed by atoms with Crippen molar-refractivity contribution in [1.82, 2.24) is 9.97 Å². The van der Waals surface area contributed by atoms with Gasteiger partial charge in [0.2, 0.25) is 0 Å². The van der Waals surface area contributed by atoms with Crippen LogP contribution in [0.5, 0.6) is 0 Å². The van der Waals surface area contributed by atoms with Gasteiger partial charge in [-0.2, -0.15) is 10.5 Å². The first-order valence-electron chi connectivity index (χ1n) is 6.40. The van der Waals surface area contributed by atoms with Crippen LogP contribution in [-0.2, 0) is 0 Å². The van der Waals surface area contributed by atoms with E-state index in [1.54, 1.807) is 12.1 Å². The van der Waals surface area contributed by atoms with Gasteiger partial charge in [0.25, 0.3) is 11.1 Å². The van der Waals surface area contributed by atoms with Crippen LogP contribution >= 0.6 is 21.6 Å². The van der Waals surface area contributed by atoms with Gasteiger partial charge in [-0.25, -0.2) is 0 Å². The van der Waals surface area contributed by atoms with Gasteiger partial charge in [0, 0.05) is 0 Å². The number of aromatic carboxylic acids is 2. The third-order valence-corrected chi connectivity index (χ3v) is 5.21. The maximum absolute atomic E-state index is 11.7. The van der Waals surface area contributed by atoms with Crippen molar-refractivity contribution in [3.63, 3.8) is 0 Å². The molecule has 0 saturated heterocycles. The first kappa shape index (κ1) is 18.9. The number of nitriles is 2. The number of carbonyl (C=O) groups excluding carboxylic acids is 2. The number of aromatic nitrogens is 2. The summed E-state index contributed by atoms with van der Waals surface area (Å²) in [6.45, 7) is 0. The summed E-state index contributed by atoms with van der Waals surface area (Å²) in [5.74, 6) is -3.50.